The second kappa shape index (κ2) is 3.34. The Hall–Kier alpha value is 0.290. The third-order valence-electron chi connectivity index (χ3n) is 1.75. The van der Waals surface area contributed by atoms with Crippen LogP contribution < -0.4 is 0 Å². The lowest BCUT2D eigenvalue weighted by molar-refractivity contribution is 0.541. The Morgan fingerprint density at radius 1 is 1.12 bits per heavy atom. The zero-order valence-corrected chi connectivity index (χ0v) is 5.88. The average Bonchev–Trinajstić information content (AvgIpc) is 1.90. The first-order valence-corrected chi connectivity index (χ1v) is 3.86. The minimum Gasteiger partial charge on any atom is -0.126 e. The van der Waals surface area contributed by atoms with Crippen molar-refractivity contribution in [2.24, 2.45) is 0 Å². The lowest BCUT2D eigenvalue weighted by Crippen LogP contribution is -2.04. The molecule has 1 saturated carbocycles. The van der Waals surface area contributed by atoms with Gasteiger partial charge in [-0.3, -0.25) is 0 Å². The van der Waals surface area contributed by atoms with Gasteiger partial charge in [-0.15, -0.1) is 11.6 Å². The van der Waals surface area contributed by atoms with Gasteiger partial charge in [0.25, 0.3) is 0 Å². The fraction of sp³-hybridized carbons (Fsp3) is 0.857. The van der Waals surface area contributed by atoms with Crippen molar-refractivity contribution < 1.29 is 0 Å². The molecule has 0 saturated heterocycles. The summed E-state index contributed by atoms with van der Waals surface area (Å²) in [7, 11) is 0. The van der Waals surface area contributed by atoms with Gasteiger partial charge in [0.1, 0.15) is 0 Å². The van der Waals surface area contributed by atoms with Crippen LogP contribution in [0.2, 0.25) is 0 Å². The lowest BCUT2D eigenvalue weighted by Gasteiger charge is -2.17. The van der Waals surface area contributed by atoms with Crippen LogP contribution in [0.3, 0.4) is 0 Å². The first kappa shape index (κ1) is 6.41. The van der Waals surface area contributed by atoms with Gasteiger partial charge in [0.2, 0.25) is 0 Å². The molecule has 0 atom stereocenters. The summed E-state index contributed by atoms with van der Waals surface area (Å²) < 4.78 is 0. The molecule has 0 N–H and O–H groups in total. The average molecular weight is 132 g/mol. The van der Waals surface area contributed by atoms with Gasteiger partial charge >= 0.3 is 0 Å². The zero-order chi connectivity index (χ0) is 5.82. The number of hydrogen-bond donors (Lipinski definition) is 0. The molecule has 0 spiro atoms. The topological polar surface area (TPSA) is 0 Å². The molecular formula is C7H12Cl. The smallest absolute Gasteiger partial charge is 0.0285 e. The SMILES string of the molecule is ClC[C]1CCCCC1. The summed E-state index contributed by atoms with van der Waals surface area (Å²) in [6.07, 6.45) is 6.76. The molecule has 0 aromatic carbocycles. The van der Waals surface area contributed by atoms with Crippen molar-refractivity contribution in [1.82, 2.24) is 0 Å². The van der Waals surface area contributed by atoms with Crippen LogP contribution in [-0.4, -0.2) is 5.88 Å². The number of hydrogen-bond acceptors (Lipinski definition) is 0. The summed E-state index contributed by atoms with van der Waals surface area (Å²) in [6, 6.07) is 0. The van der Waals surface area contributed by atoms with Crippen LogP contribution in [0.5, 0.6) is 0 Å². The molecular weight excluding hydrogens is 120 g/mol. The van der Waals surface area contributed by atoms with Crippen LogP contribution in [0.25, 0.3) is 0 Å². The Morgan fingerprint density at radius 2 is 1.75 bits per heavy atom. The summed E-state index contributed by atoms with van der Waals surface area (Å²) in [6.45, 7) is 0. The fourth-order valence-corrected chi connectivity index (χ4v) is 1.45. The maximum absolute atomic E-state index is 5.64. The van der Waals surface area contributed by atoms with Gasteiger partial charge in [-0.05, 0) is 18.8 Å². The lowest BCUT2D eigenvalue weighted by atomic mass is 9.91. The van der Waals surface area contributed by atoms with E-state index in [0.29, 0.717) is 0 Å². The van der Waals surface area contributed by atoms with E-state index in [-0.39, 0.29) is 0 Å². The van der Waals surface area contributed by atoms with Crippen LogP contribution in [0.1, 0.15) is 32.1 Å². The molecule has 0 aromatic rings. The molecule has 0 bridgehead atoms. The van der Waals surface area contributed by atoms with Gasteiger partial charge in [-0.2, -0.15) is 0 Å². The first-order chi connectivity index (χ1) is 3.93. The minimum atomic E-state index is 0.806. The molecule has 1 fully saturated rings. The van der Waals surface area contributed by atoms with Crippen LogP contribution in [-0.2, 0) is 0 Å². The van der Waals surface area contributed by atoms with Gasteiger partial charge in [-0.1, -0.05) is 19.3 Å². The largest absolute Gasteiger partial charge is 0.126 e. The van der Waals surface area contributed by atoms with E-state index in [1.165, 1.54) is 32.1 Å². The molecule has 0 nitrogen and oxygen atoms in total. The summed E-state index contributed by atoms with van der Waals surface area (Å²) >= 11 is 5.64. The maximum Gasteiger partial charge on any atom is 0.0285 e. The highest BCUT2D eigenvalue weighted by Crippen LogP contribution is 2.25. The predicted octanol–water partition coefficient (Wildman–Crippen LogP) is 2.76. The van der Waals surface area contributed by atoms with Crippen molar-refractivity contribution >= 4 is 11.6 Å². The first-order valence-electron chi connectivity index (χ1n) is 3.33. The summed E-state index contributed by atoms with van der Waals surface area (Å²) in [5.74, 6) is 2.37. The van der Waals surface area contributed by atoms with Crippen molar-refractivity contribution in [2.75, 3.05) is 5.88 Å². The van der Waals surface area contributed by atoms with E-state index in [4.69, 9.17) is 11.6 Å². The van der Waals surface area contributed by atoms with Gasteiger partial charge in [0.15, 0.2) is 0 Å². The van der Waals surface area contributed by atoms with E-state index in [9.17, 15) is 0 Å². The van der Waals surface area contributed by atoms with Crippen molar-refractivity contribution in [3.05, 3.63) is 5.92 Å². The van der Waals surface area contributed by atoms with E-state index in [1.807, 2.05) is 0 Å². The fourth-order valence-electron chi connectivity index (χ4n) is 1.19. The Morgan fingerprint density at radius 3 is 2.12 bits per heavy atom. The standard InChI is InChI=1S/C7H12Cl/c8-6-7-4-2-1-3-5-7/h1-6H2. The van der Waals surface area contributed by atoms with Gasteiger partial charge in [-0.25, -0.2) is 0 Å². The Balaban J connectivity index is 2.13. The number of rotatable bonds is 1. The maximum atomic E-state index is 5.64. The highest BCUT2D eigenvalue weighted by molar-refractivity contribution is 6.19. The van der Waals surface area contributed by atoms with Crippen LogP contribution in [0.4, 0.5) is 0 Å². The minimum absolute atomic E-state index is 0.806. The Kier molecular flexibility index (Phi) is 2.68. The Bertz CT molecular complexity index is 55.4. The van der Waals surface area contributed by atoms with Gasteiger partial charge in [0, 0.05) is 5.88 Å². The second-order valence-electron chi connectivity index (χ2n) is 2.44. The molecule has 0 amide bonds. The van der Waals surface area contributed by atoms with E-state index in [2.05, 4.69) is 0 Å². The van der Waals surface area contributed by atoms with Crippen LogP contribution in [0.15, 0.2) is 0 Å². The van der Waals surface area contributed by atoms with Crippen molar-refractivity contribution in [3.63, 3.8) is 0 Å². The monoisotopic (exact) mass is 131 g/mol. The van der Waals surface area contributed by atoms with E-state index >= 15 is 0 Å². The van der Waals surface area contributed by atoms with Gasteiger partial charge in [0.05, 0.1) is 0 Å². The van der Waals surface area contributed by atoms with E-state index < -0.39 is 0 Å². The number of halogens is 1. The molecule has 1 aliphatic carbocycles. The van der Waals surface area contributed by atoms with Crippen LogP contribution in [0, 0.1) is 5.92 Å². The third kappa shape index (κ3) is 1.66. The second-order valence-corrected chi connectivity index (χ2v) is 2.71. The molecule has 1 radical (unpaired) electrons. The summed E-state index contributed by atoms with van der Waals surface area (Å²) in [4.78, 5) is 0. The molecule has 0 aromatic heterocycles. The molecule has 0 aliphatic heterocycles. The third-order valence-corrected chi connectivity index (χ3v) is 2.13. The van der Waals surface area contributed by atoms with Crippen molar-refractivity contribution in [1.29, 1.82) is 0 Å². The van der Waals surface area contributed by atoms with Crippen molar-refractivity contribution in [2.45, 2.75) is 32.1 Å². The quantitative estimate of drug-likeness (QED) is 0.480. The molecule has 1 aliphatic rings. The summed E-state index contributed by atoms with van der Waals surface area (Å²) in [5.41, 5.74) is 0. The Labute approximate surface area is 56.2 Å². The normalized spacial score (nSPS) is 23.6. The van der Waals surface area contributed by atoms with Crippen molar-refractivity contribution in [3.8, 4) is 0 Å². The van der Waals surface area contributed by atoms with Gasteiger partial charge < -0.3 is 0 Å². The van der Waals surface area contributed by atoms with Crippen LogP contribution >= 0.6 is 11.6 Å². The zero-order valence-electron chi connectivity index (χ0n) is 5.12. The highest BCUT2D eigenvalue weighted by Gasteiger charge is 2.11. The molecule has 0 unspecified atom stereocenters. The van der Waals surface area contributed by atoms with E-state index in [0.717, 1.165) is 5.88 Å². The molecule has 1 heteroatoms. The predicted molar refractivity (Wildman–Crippen MR) is 37.0 cm³/mol. The highest BCUT2D eigenvalue weighted by atomic mass is 35.5. The molecule has 47 valence electrons. The van der Waals surface area contributed by atoms with E-state index in [1.54, 1.807) is 5.92 Å². The summed E-state index contributed by atoms with van der Waals surface area (Å²) in [5, 5.41) is 0. The molecule has 0 heterocycles. The molecule has 1 rings (SSSR count). The number of alkyl halides is 1. The molecule has 8 heavy (non-hydrogen) atoms.